The van der Waals surface area contributed by atoms with Gasteiger partial charge in [0.1, 0.15) is 6.61 Å². The van der Waals surface area contributed by atoms with E-state index >= 15 is 0 Å². The van der Waals surface area contributed by atoms with Crippen LogP contribution >= 0.6 is 24.0 Å². The van der Waals surface area contributed by atoms with E-state index in [0.29, 0.717) is 24.8 Å². The summed E-state index contributed by atoms with van der Waals surface area (Å²) < 4.78 is 19.0. The minimum atomic E-state index is -0.330. The first-order chi connectivity index (χ1) is 11.6. The Labute approximate surface area is 167 Å². The van der Waals surface area contributed by atoms with E-state index in [4.69, 9.17) is 4.74 Å². The van der Waals surface area contributed by atoms with Crippen molar-refractivity contribution in [1.82, 2.24) is 15.1 Å². The molecule has 0 amide bonds. The number of aliphatic imine (C=N–C) groups is 1. The predicted octanol–water partition coefficient (Wildman–Crippen LogP) is 2.67. The van der Waals surface area contributed by atoms with Crippen molar-refractivity contribution in [3.05, 3.63) is 30.1 Å². The highest BCUT2D eigenvalue weighted by molar-refractivity contribution is 14.0. The number of ether oxygens (including phenoxy) is 1. The van der Waals surface area contributed by atoms with Gasteiger partial charge in [-0.2, -0.15) is 0 Å². The highest BCUT2D eigenvalue weighted by Crippen LogP contribution is 2.15. The lowest BCUT2D eigenvalue weighted by molar-refractivity contribution is 0.209. The summed E-state index contributed by atoms with van der Waals surface area (Å²) in [6.07, 6.45) is 2.52. The number of rotatable bonds is 6. The van der Waals surface area contributed by atoms with Crippen molar-refractivity contribution in [2.75, 3.05) is 53.9 Å². The fraction of sp³-hybridized carbons (Fsp3) is 0.611. The number of hydrogen-bond acceptors (Lipinski definition) is 3. The molecular formula is C18H30FIN4O. The summed E-state index contributed by atoms with van der Waals surface area (Å²) in [6.45, 7) is 4.29. The van der Waals surface area contributed by atoms with E-state index in [1.807, 2.05) is 11.9 Å². The molecule has 0 spiro atoms. The van der Waals surface area contributed by atoms with E-state index in [-0.39, 0.29) is 29.8 Å². The zero-order chi connectivity index (χ0) is 17.4. The van der Waals surface area contributed by atoms with E-state index in [1.54, 1.807) is 25.2 Å². The molecule has 142 valence electrons. The Kier molecular flexibility index (Phi) is 10.1. The summed E-state index contributed by atoms with van der Waals surface area (Å²) in [6, 6.07) is 6.47. The predicted molar refractivity (Wildman–Crippen MR) is 112 cm³/mol. The lowest BCUT2D eigenvalue weighted by Gasteiger charge is -2.31. The van der Waals surface area contributed by atoms with Gasteiger partial charge in [-0.1, -0.05) is 12.1 Å². The number of nitrogens with zero attached hydrogens (tertiary/aromatic N) is 3. The minimum absolute atomic E-state index is 0. The molecule has 25 heavy (non-hydrogen) atoms. The molecule has 7 heteroatoms. The molecule has 1 aliphatic rings. The first kappa shape index (κ1) is 22.0. The van der Waals surface area contributed by atoms with Crippen molar-refractivity contribution < 1.29 is 9.13 Å². The third-order valence-corrected chi connectivity index (χ3v) is 4.37. The van der Waals surface area contributed by atoms with Crippen molar-refractivity contribution in [3.8, 4) is 5.75 Å². The van der Waals surface area contributed by atoms with E-state index in [1.165, 1.54) is 25.5 Å². The summed E-state index contributed by atoms with van der Waals surface area (Å²) in [5, 5.41) is 3.44. The van der Waals surface area contributed by atoms with Crippen LogP contribution in [0.25, 0.3) is 0 Å². The molecule has 0 radical (unpaired) electrons. The third kappa shape index (κ3) is 7.35. The molecule has 0 aliphatic carbocycles. The Bertz CT molecular complexity index is 544. The molecule has 1 heterocycles. The number of hydrogen-bond donors (Lipinski definition) is 1. The van der Waals surface area contributed by atoms with Gasteiger partial charge in [-0.25, -0.2) is 4.39 Å². The Morgan fingerprint density at radius 2 is 2.20 bits per heavy atom. The van der Waals surface area contributed by atoms with Crippen LogP contribution < -0.4 is 10.1 Å². The molecule has 1 N–H and O–H groups in total. The summed E-state index contributed by atoms with van der Waals surface area (Å²) in [5.41, 5.74) is 0. The van der Waals surface area contributed by atoms with E-state index in [2.05, 4.69) is 22.3 Å². The summed E-state index contributed by atoms with van der Waals surface area (Å²) in [7, 11) is 5.92. The van der Waals surface area contributed by atoms with Gasteiger partial charge in [0.2, 0.25) is 0 Å². The zero-order valence-electron chi connectivity index (χ0n) is 15.4. The van der Waals surface area contributed by atoms with Crippen LogP contribution in [0, 0.1) is 11.7 Å². The SMILES string of the molecule is CN=C(NCC1CCCN(C)C1)N(C)CCOc1ccccc1F.I. The van der Waals surface area contributed by atoms with Gasteiger partial charge in [-0.15, -0.1) is 24.0 Å². The molecule has 2 rings (SSSR count). The summed E-state index contributed by atoms with van der Waals surface area (Å²) >= 11 is 0. The first-order valence-corrected chi connectivity index (χ1v) is 8.57. The van der Waals surface area contributed by atoms with Crippen molar-refractivity contribution in [2.24, 2.45) is 10.9 Å². The van der Waals surface area contributed by atoms with Gasteiger partial charge in [0.25, 0.3) is 0 Å². The van der Waals surface area contributed by atoms with Gasteiger partial charge < -0.3 is 19.9 Å². The fourth-order valence-electron chi connectivity index (χ4n) is 3.02. The molecule has 1 atom stereocenters. The molecule has 0 saturated carbocycles. The maximum Gasteiger partial charge on any atom is 0.193 e. The maximum atomic E-state index is 13.5. The van der Waals surface area contributed by atoms with Crippen LogP contribution in [0.3, 0.4) is 0 Å². The fourth-order valence-corrected chi connectivity index (χ4v) is 3.02. The Hall–Kier alpha value is -1.09. The Morgan fingerprint density at radius 3 is 2.88 bits per heavy atom. The van der Waals surface area contributed by atoms with Gasteiger partial charge in [0.15, 0.2) is 17.5 Å². The van der Waals surface area contributed by atoms with Crippen molar-refractivity contribution >= 4 is 29.9 Å². The van der Waals surface area contributed by atoms with Gasteiger partial charge >= 0.3 is 0 Å². The number of nitrogens with one attached hydrogen (secondary N) is 1. The van der Waals surface area contributed by atoms with Gasteiger partial charge in [-0.05, 0) is 44.5 Å². The molecule has 1 unspecified atom stereocenters. The van der Waals surface area contributed by atoms with Crippen LogP contribution in [0.5, 0.6) is 5.75 Å². The van der Waals surface area contributed by atoms with E-state index < -0.39 is 0 Å². The smallest absolute Gasteiger partial charge is 0.193 e. The number of likely N-dealkylation sites (N-methyl/N-ethyl adjacent to an activating group) is 1. The molecule has 1 fully saturated rings. The number of likely N-dealkylation sites (tertiary alicyclic amines) is 1. The number of halogens is 2. The standard InChI is InChI=1S/C18H29FN4O.HI/c1-20-18(21-13-15-7-6-10-22(2)14-15)23(3)11-12-24-17-9-5-4-8-16(17)19;/h4-5,8-9,15H,6-7,10-14H2,1-3H3,(H,20,21);1H. The molecule has 1 saturated heterocycles. The number of piperidine rings is 1. The van der Waals surface area contributed by atoms with E-state index in [0.717, 1.165) is 19.0 Å². The second-order valence-electron chi connectivity index (χ2n) is 6.40. The van der Waals surface area contributed by atoms with Crippen molar-refractivity contribution in [1.29, 1.82) is 0 Å². The molecule has 1 aromatic rings. The van der Waals surface area contributed by atoms with Crippen molar-refractivity contribution in [3.63, 3.8) is 0 Å². The van der Waals surface area contributed by atoms with Crippen LogP contribution in [0.1, 0.15) is 12.8 Å². The molecule has 0 bridgehead atoms. The van der Waals surface area contributed by atoms with Gasteiger partial charge in [0.05, 0.1) is 6.54 Å². The molecular weight excluding hydrogens is 434 g/mol. The minimum Gasteiger partial charge on any atom is -0.489 e. The second kappa shape index (κ2) is 11.5. The van der Waals surface area contributed by atoms with Crippen LogP contribution in [-0.4, -0.2) is 69.7 Å². The Balaban J connectivity index is 0.00000312. The quantitative estimate of drug-likeness (QED) is 0.400. The average molecular weight is 464 g/mol. The highest BCUT2D eigenvalue weighted by Gasteiger charge is 2.18. The highest BCUT2D eigenvalue weighted by atomic mass is 127. The first-order valence-electron chi connectivity index (χ1n) is 8.57. The van der Waals surface area contributed by atoms with Crippen LogP contribution in [0.15, 0.2) is 29.3 Å². The van der Waals surface area contributed by atoms with Crippen molar-refractivity contribution in [2.45, 2.75) is 12.8 Å². The number of para-hydroxylation sites is 1. The van der Waals surface area contributed by atoms with Crippen LogP contribution in [-0.2, 0) is 0 Å². The normalized spacial score (nSPS) is 18.4. The van der Waals surface area contributed by atoms with Crippen LogP contribution in [0.2, 0.25) is 0 Å². The average Bonchev–Trinajstić information content (AvgIpc) is 2.57. The van der Waals surface area contributed by atoms with Crippen LogP contribution in [0.4, 0.5) is 4.39 Å². The summed E-state index contributed by atoms with van der Waals surface area (Å²) in [4.78, 5) is 8.71. The zero-order valence-corrected chi connectivity index (χ0v) is 17.7. The van der Waals surface area contributed by atoms with Gasteiger partial charge in [-0.3, -0.25) is 4.99 Å². The summed E-state index contributed by atoms with van der Waals surface area (Å²) in [5.74, 6) is 1.46. The largest absolute Gasteiger partial charge is 0.489 e. The molecule has 5 nitrogen and oxygen atoms in total. The van der Waals surface area contributed by atoms with E-state index in [9.17, 15) is 4.39 Å². The number of benzene rings is 1. The maximum absolute atomic E-state index is 13.5. The lowest BCUT2D eigenvalue weighted by atomic mass is 9.99. The van der Waals surface area contributed by atoms with Gasteiger partial charge in [0, 0.05) is 27.2 Å². The Morgan fingerprint density at radius 1 is 1.44 bits per heavy atom. The lowest BCUT2D eigenvalue weighted by Crippen LogP contribution is -2.45. The monoisotopic (exact) mass is 464 g/mol. The number of guanidine groups is 1. The molecule has 1 aliphatic heterocycles. The second-order valence-corrected chi connectivity index (χ2v) is 6.40. The molecule has 0 aromatic heterocycles. The topological polar surface area (TPSA) is 40.1 Å². The molecule has 1 aromatic carbocycles. The third-order valence-electron chi connectivity index (χ3n) is 4.37.